The lowest BCUT2D eigenvalue weighted by molar-refractivity contribution is 0.0690. The summed E-state index contributed by atoms with van der Waals surface area (Å²) in [6.45, 7) is 2.49. The molecule has 1 aromatic rings. The zero-order valence-electron chi connectivity index (χ0n) is 9.80. The summed E-state index contributed by atoms with van der Waals surface area (Å²) in [4.78, 5) is 10.6. The second-order valence-corrected chi connectivity index (χ2v) is 4.51. The Morgan fingerprint density at radius 3 is 2.94 bits per heavy atom. The van der Waals surface area contributed by atoms with E-state index in [-0.39, 0.29) is 5.69 Å². The molecule has 0 bridgehead atoms. The van der Waals surface area contributed by atoms with Crippen LogP contribution in [0.4, 0.5) is 0 Å². The minimum Gasteiger partial charge on any atom is -0.476 e. The van der Waals surface area contributed by atoms with Gasteiger partial charge in [-0.1, -0.05) is 24.5 Å². The number of aromatic nitrogens is 3. The van der Waals surface area contributed by atoms with Crippen molar-refractivity contribution in [3.63, 3.8) is 0 Å². The molecule has 1 heterocycles. The lowest BCUT2D eigenvalue weighted by Crippen LogP contribution is -2.24. The van der Waals surface area contributed by atoms with Gasteiger partial charge in [0.25, 0.3) is 0 Å². The number of nitrogens with zero attached hydrogens (tertiary/aromatic N) is 3. The van der Waals surface area contributed by atoms with Crippen molar-refractivity contribution in [3.8, 4) is 0 Å². The van der Waals surface area contributed by atoms with Crippen LogP contribution in [0.5, 0.6) is 0 Å². The van der Waals surface area contributed by atoms with Crippen molar-refractivity contribution in [3.05, 3.63) is 11.9 Å². The molecule has 94 valence electrons. The van der Waals surface area contributed by atoms with Gasteiger partial charge in [0.2, 0.25) is 0 Å². The highest BCUT2D eigenvalue weighted by Gasteiger charge is 2.16. The van der Waals surface area contributed by atoms with Crippen molar-refractivity contribution in [1.82, 2.24) is 20.3 Å². The molecule has 2 rings (SSSR count). The lowest BCUT2D eigenvalue weighted by Gasteiger charge is -2.25. The average Bonchev–Trinajstić information content (AvgIpc) is 2.69. The monoisotopic (exact) mass is 238 g/mol. The Labute approximate surface area is 100 Å². The molecule has 1 saturated carbocycles. The third-order valence-electron chi connectivity index (χ3n) is 3.23. The number of carbonyl (C=O) groups is 1. The van der Waals surface area contributed by atoms with Gasteiger partial charge in [0.15, 0.2) is 5.69 Å². The third-order valence-corrected chi connectivity index (χ3v) is 3.23. The summed E-state index contributed by atoms with van der Waals surface area (Å²) in [6, 6.07) is 0. The third kappa shape index (κ3) is 3.52. The Morgan fingerprint density at radius 1 is 1.53 bits per heavy atom. The number of hydrogen-bond acceptors (Lipinski definition) is 4. The maximum absolute atomic E-state index is 10.6. The molecular formula is C11H18N4O2. The number of rotatable bonds is 7. The summed E-state index contributed by atoms with van der Waals surface area (Å²) in [6.07, 6.45) is 6.86. The predicted molar refractivity (Wildman–Crippen MR) is 61.8 cm³/mol. The van der Waals surface area contributed by atoms with E-state index in [4.69, 9.17) is 5.11 Å². The maximum Gasteiger partial charge on any atom is 0.358 e. The van der Waals surface area contributed by atoms with Crippen LogP contribution >= 0.6 is 0 Å². The Kier molecular flexibility index (Phi) is 4.08. The SMILES string of the molecule is O=C(O)c1cn(CCNCCC2CCC2)nn1. The van der Waals surface area contributed by atoms with Crippen LogP contribution in [-0.4, -0.2) is 39.2 Å². The minimum atomic E-state index is -1.03. The van der Waals surface area contributed by atoms with Gasteiger partial charge >= 0.3 is 5.97 Å². The Hall–Kier alpha value is -1.43. The van der Waals surface area contributed by atoms with Gasteiger partial charge in [-0.25, -0.2) is 4.79 Å². The second kappa shape index (κ2) is 5.77. The maximum atomic E-state index is 10.6. The molecule has 6 nitrogen and oxygen atoms in total. The molecule has 2 N–H and O–H groups in total. The molecule has 0 atom stereocenters. The van der Waals surface area contributed by atoms with E-state index in [1.54, 1.807) is 4.68 Å². The molecule has 0 unspecified atom stereocenters. The summed E-state index contributed by atoms with van der Waals surface area (Å²) in [5, 5.41) is 19.3. The van der Waals surface area contributed by atoms with Gasteiger partial charge < -0.3 is 10.4 Å². The second-order valence-electron chi connectivity index (χ2n) is 4.51. The van der Waals surface area contributed by atoms with Gasteiger partial charge in [0.05, 0.1) is 12.7 Å². The van der Waals surface area contributed by atoms with Crippen molar-refractivity contribution >= 4 is 5.97 Å². The zero-order chi connectivity index (χ0) is 12.1. The van der Waals surface area contributed by atoms with E-state index in [2.05, 4.69) is 15.6 Å². The van der Waals surface area contributed by atoms with Gasteiger partial charge in [0, 0.05) is 6.54 Å². The van der Waals surface area contributed by atoms with Crippen molar-refractivity contribution < 1.29 is 9.90 Å². The first-order valence-electron chi connectivity index (χ1n) is 6.10. The summed E-state index contributed by atoms with van der Waals surface area (Å²) in [7, 11) is 0. The molecule has 0 saturated heterocycles. The van der Waals surface area contributed by atoms with E-state index in [0.29, 0.717) is 6.54 Å². The highest BCUT2D eigenvalue weighted by Crippen LogP contribution is 2.28. The van der Waals surface area contributed by atoms with E-state index in [9.17, 15) is 4.79 Å². The minimum absolute atomic E-state index is 0.000493. The fourth-order valence-corrected chi connectivity index (χ4v) is 1.91. The van der Waals surface area contributed by atoms with Crippen LogP contribution < -0.4 is 5.32 Å². The predicted octanol–water partition coefficient (Wildman–Crippen LogP) is 0.756. The van der Waals surface area contributed by atoms with E-state index in [0.717, 1.165) is 19.0 Å². The normalized spacial score (nSPS) is 15.8. The first kappa shape index (κ1) is 12.0. The molecule has 1 aliphatic carbocycles. The first-order chi connectivity index (χ1) is 8.25. The summed E-state index contributed by atoms with van der Waals surface area (Å²) in [5.41, 5.74) is -0.000493. The van der Waals surface area contributed by atoms with Gasteiger partial charge in [0.1, 0.15) is 0 Å². The smallest absolute Gasteiger partial charge is 0.358 e. The highest BCUT2D eigenvalue weighted by atomic mass is 16.4. The van der Waals surface area contributed by atoms with Crippen molar-refractivity contribution in [2.75, 3.05) is 13.1 Å². The largest absolute Gasteiger partial charge is 0.476 e. The molecule has 0 spiro atoms. The standard InChI is InChI=1S/C11H18N4O2/c16-11(17)10-8-15(14-13-10)7-6-12-5-4-9-2-1-3-9/h8-9,12H,1-7H2,(H,16,17). The zero-order valence-corrected chi connectivity index (χ0v) is 9.80. The fourth-order valence-electron chi connectivity index (χ4n) is 1.91. The number of aromatic carboxylic acids is 1. The number of carboxylic acid groups (broad SMARTS) is 1. The molecule has 6 heteroatoms. The summed E-state index contributed by atoms with van der Waals surface area (Å²) in [5.74, 6) is -0.110. The number of carboxylic acids is 1. The molecule has 17 heavy (non-hydrogen) atoms. The van der Waals surface area contributed by atoms with E-state index >= 15 is 0 Å². The summed E-state index contributed by atoms with van der Waals surface area (Å²) < 4.78 is 1.56. The number of hydrogen-bond donors (Lipinski definition) is 2. The van der Waals surface area contributed by atoms with Gasteiger partial charge in [-0.15, -0.1) is 5.10 Å². The molecule has 0 aliphatic heterocycles. The Balaban J connectivity index is 1.58. The van der Waals surface area contributed by atoms with Crippen LogP contribution in [0, 0.1) is 5.92 Å². The van der Waals surface area contributed by atoms with Gasteiger partial charge in [-0.05, 0) is 18.9 Å². The topological polar surface area (TPSA) is 80.0 Å². The van der Waals surface area contributed by atoms with E-state index in [1.807, 2.05) is 0 Å². The highest BCUT2D eigenvalue weighted by molar-refractivity contribution is 5.84. The van der Waals surface area contributed by atoms with Crippen molar-refractivity contribution in [1.29, 1.82) is 0 Å². The first-order valence-corrected chi connectivity index (χ1v) is 6.10. The fraction of sp³-hybridized carbons (Fsp3) is 0.727. The van der Waals surface area contributed by atoms with Gasteiger partial charge in [-0.3, -0.25) is 4.68 Å². The molecule has 0 radical (unpaired) electrons. The Morgan fingerprint density at radius 2 is 2.35 bits per heavy atom. The molecule has 1 fully saturated rings. The Bertz CT molecular complexity index is 373. The van der Waals surface area contributed by atoms with E-state index < -0.39 is 5.97 Å². The average molecular weight is 238 g/mol. The van der Waals surface area contributed by atoms with Crippen LogP contribution in [-0.2, 0) is 6.54 Å². The van der Waals surface area contributed by atoms with Crippen LogP contribution in [0.3, 0.4) is 0 Å². The van der Waals surface area contributed by atoms with Gasteiger partial charge in [-0.2, -0.15) is 0 Å². The summed E-state index contributed by atoms with van der Waals surface area (Å²) >= 11 is 0. The molecule has 1 aromatic heterocycles. The quantitative estimate of drug-likeness (QED) is 0.685. The molecule has 0 amide bonds. The number of nitrogens with one attached hydrogen (secondary N) is 1. The van der Waals surface area contributed by atoms with Crippen molar-refractivity contribution in [2.45, 2.75) is 32.2 Å². The van der Waals surface area contributed by atoms with Crippen LogP contribution in [0.15, 0.2) is 6.20 Å². The molecule has 1 aliphatic rings. The molecule has 0 aromatic carbocycles. The van der Waals surface area contributed by atoms with Crippen molar-refractivity contribution in [2.24, 2.45) is 5.92 Å². The lowest BCUT2D eigenvalue weighted by atomic mass is 9.83. The molecular weight excluding hydrogens is 220 g/mol. The van der Waals surface area contributed by atoms with Crippen LogP contribution in [0.25, 0.3) is 0 Å². The van der Waals surface area contributed by atoms with Crippen LogP contribution in [0.1, 0.15) is 36.2 Å². The van der Waals surface area contributed by atoms with Crippen LogP contribution in [0.2, 0.25) is 0 Å². The van der Waals surface area contributed by atoms with E-state index in [1.165, 1.54) is 31.9 Å².